The summed E-state index contributed by atoms with van der Waals surface area (Å²) in [5.74, 6) is 0.478. The average molecular weight is 953 g/mol. The molecule has 2 unspecified atom stereocenters. The molecule has 1 aromatic rings. The lowest BCUT2D eigenvalue weighted by Crippen LogP contribution is -2.31. The number of benzene rings is 1. The van der Waals surface area contributed by atoms with E-state index in [4.69, 9.17) is 23.7 Å². The molecule has 68 heavy (non-hydrogen) atoms. The Balaban J connectivity index is 2.44. The Kier molecular flexibility index (Phi) is 42.0. The Morgan fingerprint density at radius 2 is 0.882 bits per heavy atom. The minimum atomic E-state index is -0.835. The van der Waals surface area contributed by atoms with E-state index in [1.165, 1.54) is 103 Å². The molecule has 1 aromatic carbocycles. The monoisotopic (exact) mass is 953 g/mol. The van der Waals surface area contributed by atoms with Crippen LogP contribution in [0.25, 0.3) is 0 Å². The molecule has 9 heteroatoms. The molecule has 0 aliphatic carbocycles. The Morgan fingerprint density at radius 1 is 0.500 bits per heavy atom. The van der Waals surface area contributed by atoms with E-state index in [2.05, 4.69) is 45.1 Å². The first kappa shape index (κ1) is 62.4. The number of unbranched alkanes of at least 4 members (excludes halogenated alkanes) is 26. The third-order valence-corrected chi connectivity index (χ3v) is 12.8. The summed E-state index contributed by atoms with van der Waals surface area (Å²) in [6.45, 7) is 6.33. The van der Waals surface area contributed by atoms with Crippen molar-refractivity contribution < 1.29 is 42.9 Å². The first-order valence-electron chi connectivity index (χ1n) is 27.8. The molecule has 9 nitrogen and oxygen atoms in total. The minimum absolute atomic E-state index is 0.121. The summed E-state index contributed by atoms with van der Waals surface area (Å²) in [5, 5.41) is 0. The van der Waals surface area contributed by atoms with Gasteiger partial charge in [0.15, 0.2) is 6.10 Å². The van der Waals surface area contributed by atoms with Gasteiger partial charge in [-0.15, -0.1) is 0 Å². The number of hydrogen-bond acceptors (Lipinski definition) is 9. The summed E-state index contributed by atoms with van der Waals surface area (Å²) in [6, 6.07) is 3.50. The molecule has 0 saturated carbocycles. The summed E-state index contributed by atoms with van der Waals surface area (Å²) in [7, 11) is 3.22. The normalized spacial score (nSPS) is 12.4. The van der Waals surface area contributed by atoms with Crippen LogP contribution in [0.1, 0.15) is 261 Å². The highest BCUT2D eigenvalue weighted by molar-refractivity contribution is 5.77. The van der Waals surface area contributed by atoms with Crippen LogP contribution in [0.3, 0.4) is 0 Å². The summed E-state index contributed by atoms with van der Waals surface area (Å²) in [5.41, 5.74) is 1.51. The molecule has 390 valence electrons. The molecule has 0 aromatic heterocycles. The van der Waals surface area contributed by atoms with E-state index in [1.807, 2.05) is 0 Å². The van der Waals surface area contributed by atoms with Crippen molar-refractivity contribution in [2.75, 3.05) is 27.4 Å². The van der Waals surface area contributed by atoms with E-state index < -0.39 is 6.10 Å². The summed E-state index contributed by atoms with van der Waals surface area (Å²) >= 11 is 0. The Bertz CT molecular complexity index is 1370. The smallest absolute Gasteiger partial charge is 0.306 e. The molecule has 0 saturated heterocycles. The predicted octanol–water partition coefficient (Wildman–Crippen LogP) is 16.5. The quantitative estimate of drug-likeness (QED) is 0.0207. The van der Waals surface area contributed by atoms with Gasteiger partial charge in [0.05, 0.1) is 14.2 Å². The van der Waals surface area contributed by atoms with Gasteiger partial charge >= 0.3 is 17.9 Å². The van der Waals surface area contributed by atoms with Crippen molar-refractivity contribution in [3.8, 4) is 11.5 Å². The Morgan fingerprint density at radius 3 is 1.29 bits per heavy atom. The van der Waals surface area contributed by atoms with Crippen molar-refractivity contribution >= 4 is 24.2 Å². The first-order valence-corrected chi connectivity index (χ1v) is 27.8. The van der Waals surface area contributed by atoms with Gasteiger partial charge in [0, 0.05) is 30.4 Å². The Hall–Kier alpha value is -3.62. The molecule has 0 amide bonds. The van der Waals surface area contributed by atoms with Crippen LogP contribution in [0.2, 0.25) is 0 Å². The fraction of sp³-hybridized carbons (Fsp3) is 0.763. The van der Waals surface area contributed by atoms with Crippen LogP contribution in [0.15, 0.2) is 36.4 Å². The van der Waals surface area contributed by atoms with E-state index in [0.717, 1.165) is 121 Å². The fourth-order valence-electron chi connectivity index (χ4n) is 8.58. The largest absolute Gasteiger partial charge is 0.496 e. The van der Waals surface area contributed by atoms with Crippen molar-refractivity contribution in [2.45, 2.75) is 258 Å². The third kappa shape index (κ3) is 36.4. The summed E-state index contributed by atoms with van der Waals surface area (Å²) < 4.78 is 28.0. The standard InChI is InChI=1S/C59H100O9/c1-6-8-10-12-14-16-18-20-22-24-26-28-30-35-39-43-57(61)66-49-53(50-67-58(62)44-40-36-31-29-27-25-23-21-19-17-15-13-11-9-7-2)68-59(63)45-51(3)41-37-33-32-34-38-42-54-55(64-4)46-52(48-60)47-56(54)65-5/h20-23,46-48,51,53H,6-19,24-45,49-50H2,1-5H3/b22-20-,23-21?. The van der Waals surface area contributed by atoms with Crippen LogP contribution in [0.4, 0.5) is 0 Å². The SMILES string of the molecule is CCCCCCCCC=CCCCCCCCC(=O)OCC(COC(=O)CCCCCCC/C=C\CCCCCCCC)OC(=O)CC(C)CCCCCCCc1c(OC)cc(C=O)cc1OC. The number of carbonyl (C=O) groups is 4. The fourth-order valence-corrected chi connectivity index (χ4v) is 8.58. The zero-order valence-corrected chi connectivity index (χ0v) is 44.2. The van der Waals surface area contributed by atoms with E-state index in [0.29, 0.717) is 29.9 Å². The van der Waals surface area contributed by atoms with Crippen molar-refractivity contribution in [1.29, 1.82) is 0 Å². The van der Waals surface area contributed by atoms with Gasteiger partial charge < -0.3 is 23.7 Å². The van der Waals surface area contributed by atoms with Gasteiger partial charge in [-0.05, 0) is 95.1 Å². The number of hydrogen-bond donors (Lipinski definition) is 0. The number of carbonyl (C=O) groups excluding carboxylic acids is 4. The van der Waals surface area contributed by atoms with Gasteiger partial charge in [0.25, 0.3) is 0 Å². The number of aldehydes is 1. The molecule has 0 heterocycles. The van der Waals surface area contributed by atoms with Crippen LogP contribution in [0, 0.1) is 5.92 Å². The lowest BCUT2D eigenvalue weighted by atomic mass is 9.98. The van der Waals surface area contributed by atoms with Crippen LogP contribution >= 0.6 is 0 Å². The molecule has 2 atom stereocenters. The number of ether oxygens (including phenoxy) is 5. The number of rotatable bonds is 48. The van der Waals surface area contributed by atoms with Crippen LogP contribution in [-0.4, -0.2) is 57.7 Å². The summed E-state index contributed by atoms with van der Waals surface area (Å²) in [6.07, 6.45) is 48.0. The Labute approximate surface area is 416 Å². The van der Waals surface area contributed by atoms with E-state index in [-0.39, 0.29) is 43.5 Å². The minimum Gasteiger partial charge on any atom is -0.496 e. The van der Waals surface area contributed by atoms with Crippen molar-refractivity contribution in [2.24, 2.45) is 5.92 Å². The van der Waals surface area contributed by atoms with Crippen LogP contribution in [-0.2, 0) is 35.0 Å². The predicted molar refractivity (Wildman–Crippen MR) is 281 cm³/mol. The molecule has 0 aliphatic rings. The topological polar surface area (TPSA) is 114 Å². The highest BCUT2D eigenvalue weighted by atomic mass is 16.6. The highest BCUT2D eigenvalue weighted by Crippen LogP contribution is 2.32. The van der Waals surface area contributed by atoms with Gasteiger partial charge in [0.1, 0.15) is 31.0 Å². The molecule has 0 bridgehead atoms. The van der Waals surface area contributed by atoms with E-state index >= 15 is 0 Å². The second kappa shape index (κ2) is 45.8. The van der Waals surface area contributed by atoms with Crippen molar-refractivity contribution in [3.05, 3.63) is 47.6 Å². The van der Waals surface area contributed by atoms with E-state index in [9.17, 15) is 19.2 Å². The first-order chi connectivity index (χ1) is 33.3. The van der Waals surface area contributed by atoms with Crippen LogP contribution < -0.4 is 9.47 Å². The zero-order valence-electron chi connectivity index (χ0n) is 44.2. The molecule has 0 N–H and O–H groups in total. The maximum atomic E-state index is 13.1. The molecule has 1 rings (SSSR count). The molecule has 0 fully saturated rings. The van der Waals surface area contributed by atoms with Crippen LogP contribution in [0.5, 0.6) is 11.5 Å². The number of allylic oxidation sites excluding steroid dienone is 4. The zero-order chi connectivity index (χ0) is 49.6. The second-order valence-corrected chi connectivity index (χ2v) is 19.3. The van der Waals surface area contributed by atoms with Gasteiger partial charge in [-0.2, -0.15) is 0 Å². The third-order valence-electron chi connectivity index (χ3n) is 12.8. The molecular formula is C59H100O9. The van der Waals surface area contributed by atoms with Gasteiger partial charge in [-0.25, -0.2) is 0 Å². The summed E-state index contributed by atoms with van der Waals surface area (Å²) in [4.78, 5) is 49.8. The molecule has 0 aliphatic heterocycles. The lowest BCUT2D eigenvalue weighted by Gasteiger charge is -2.19. The maximum absolute atomic E-state index is 13.1. The molecular weight excluding hydrogens is 853 g/mol. The molecule has 0 spiro atoms. The molecule has 0 radical (unpaired) electrons. The van der Waals surface area contributed by atoms with Gasteiger partial charge in [0.2, 0.25) is 0 Å². The van der Waals surface area contributed by atoms with Gasteiger partial charge in [-0.3, -0.25) is 19.2 Å². The average Bonchev–Trinajstić information content (AvgIpc) is 3.34. The second-order valence-electron chi connectivity index (χ2n) is 19.3. The number of methoxy groups -OCH3 is 2. The van der Waals surface area contributed by atoms with E-state index in [1.54, 1.807) is 26.4 Å². The van der Waals surface area contributed by atoms with Crippen molar-refractivity contribution in [1.82, 2.24) is 0 Å². The van der Waals surface area contributed by atoms with Crippen molar-refractivity contribution in [3.63, 3.8) is 0 Å². The highest BCUT2D eigenvalue weighted by Gasteiger charge is 2.21. The lowest BCUT2D eigenvalue weighted by molar-refractivity contribution is -0.167. The van der Waals surface area contributed by atoms with Gasteiger partial charge in [-0.1, -0.05) is 180 Å². The number of esters is 3. The maximum Gasteiger partial charge on any atom is 0.306 e.